The Bertz CT molecular complexity index is 969. The highest BCUT2D eigenvalue weighted by molar-refractivity contribution is 5.90. The molecular weight excluding hydrogens is 396 g/mol. The van der Waals surface area contributed by atoms with E-state index in [1.165, 1.54) is 0 Å². The van der Waals surface area contributed by atoms with Crippen molar-refractivity contribution in [2.24, 2.45) is 5.41 Å². The zero-order chi connectivity index (χ0) is 22.0. The highest BCUT2D eigenvalue weighted by Gasteiger charge is 2.50. The molecule has 0 bridgehead atoms. The summed E-state index contributed by atoms with van der Waals surface area (Å²) >= 11 is 0. The fourth-order valence-electron chi connectivity index (χ4n) is 4.18. The number of hydrogen-bond donors (Lipinski definition) is 3. The van der Waals surface area contributed by atoms with Crippen LogP contribution in [0.2, 0.25) is 0 Å². The Morgan fingerprint density at radius 2 is 1.65 bits per heavy atom. The molecule has 4 rings (SSSR count). The second kappa shape index (κ2) is 8.41. The monoisotopic (exact) mass is 422 g/mol. The van der Waals surface area contributed by atoms with Crippen molar-refractivity contribution >= 4 is 18.0 Å². The van der Waals surface area contributed by atoms with E-state index >= 15 is 0 Å². The van der Waals surface area contributed by atoms with Gasteiger partial charge in [-0.3, -0.25) is 4.79 Å². The van der Waals surface area contributed by atoms with Gasteiger partial charge in [0, 0.05) is 12.5 Å². The molecule has 162 valence electrons. The maximum atomic E-state index is 12.5. The number of carbonyl (C=O) groups is 3. The zero-order valence-corrected chi connectivity index (χ0v) is 17.4. The molecule has 3 N–H and O–H groups in total. The average molecular weight is 422 g/mol. The molecule has 0 unspecified atom stereocenters. The van der Waals surface area contributed by atoms with E-state index in [0.717, 1.165) is 22.3 Å². The number of aliphatic carboxylic acids is 1. The number of carbonyl (C=O) groups excluding carboxylic acids is 2. The van der Waals surface area contributed by atoms with Crippen molar-refractivity contribution in [3.05, 3.63) is 59.7 Å². The van der Waals surface area contributed by atoms with Crippen molar-refractivity contribution in [1.82, 2.24) is 10.6 Å². The highest BCUT2D eigenvalue weighted by Crippen LogP contribution is 2.46. The second-order valence-corrected chi connectivity index (χ2v) is 8.23. The summed E-state index contributed by atoms with van der Waals surface area (Å²) in [6.45, 7) is 2.04. The summed E-state index contributed by atoms with van der Waals surface area (Å²) in [6, 6.07) is 15.3. The predicted molar refractivity (Wildman–Crippen MR) is 115 cm³/mol. The summed E-state index contributed by atoms with van der Waals surface area (Å²) in [5, 5.41) is 14.4. The van der Waals surface area contributed by atoms with Crippen molar-refractivity contribution < 1.29 is 24.2 Å². The number of carboxylic acids is 1. The maximum absolute atomic E-state index is 12.5. The quantitative estimate of drug-likeness (QED) is 0.606. The average Bonchev–Trinajstić information content (AvgIpc) is 3.51. The van der Waals surface area contributed by atoms with Gasteiger partial charge in [-0.2, -0.15) is 0 Å². The SMILES string of the molecule is CC[C@@H](NC(=O)C1(CNC(=O)OCC2c3ccccc3-c3ccccc32)CC1)C(=O)O. The third-order valence-corrected chi connectivity index (χ3v) is 6.26. The molecule has 1 atom stereocenters. The van der Waals surface area contributed by atoms with Crippen molar-refractivity contribution in [2.45, 2.75) is 38.1 Å². The molecule has 0 heterocycles. The zero-order valence-electron chi connectivity index (χ0n) is 17.4. The van der Waals surface area contributed by atoms with Gasteiger partial charge in [-0.15, -0.1) is 0 Å². The molecule has 0 saturated heterocycles. The van der Waals surface area contributed by atoms with Crippen LogP contribution in [0.15, 0.2) is 48.5 Å². The van der Waals surface area contributed by atoms with Gasteiger partial charge in [0.2, 0.25) is 5.91 Å². The van der Waals surface area contributed by atoms with E-state index in [1.807, 2.05) is 24.3 Å². The van der Waals surface area contributed by atoms with Gasteiger partial charge in [-0.05, 0) is 41.5 Å². The summed E-state index contributed by atoms with van der Waals surface area (Å²) in [5.41, 5.74) is 3.84. The van der Waals surface area contributed by atoms with E-state index in [1.54, 1.807) is 6.92 Å². The number of ether oxygens (including phenoxy) is 1. The fourth-order valence-corrected chi connectivity index (χ4v) is 4.18. The van der Waals surface area contributed by atoms with E-state index < -0.39 is 23.5 Å². The topological polar surface area (TPSA) is 105 Å². The van der Waals surface area contributed by atoms with Crippen LogP contribution in [0.4, 0.5) is 4.79 Å². The number of benzene rings is 2. The van der Waals surface area contributed by atoms with Crippen molar-refractivity contribution in [3.8, 4) is 11.1 Å². The summed E-state index contributed by atoms with van der Waals surface area (Å²) in [6.07, 6.45) is 0.944. The van der Waals surface area contributed by atoms with E-state index in [0.29, 0.717) is 19.3 Å². The molecule has 0 spiro atoms. The van der Waals surface area contributed by atoms with Crippen LogP contribution < -0.4 is 10.6 Å². The van der Waals surface area contributed by atoms with Crippen molar-refractivity contribution in [2.75, 3.05) is 13.2 Å². The van der Waals surface area contributed by atoms with Crippen LogP contribution >= 0.6 is 0 Å². The van der Waals surface area contributed by atoms with Gasteiger partial charge in [-0.1, -0.05) is 55.5 Å². The molecular formula is C24H26N2O5. The minimum absolute atomic E-state index is 0.0304. The number of fused-ring (bicyclic) bond motifs is 3. The van der Waals surface area contributed by atoms with Crippen LogP contribution in [-0.2, 0) is 14.3 Å². The fraction of sp³-hybridized carbons (Fsp3) is 0.375. The lowest BCUT2D eigenvalue weighted by molar-refractivity contribution is -0.142. The highest BCUT2D eigenvalue weighted by atomic mass is 16.5. The minimum Gasteiger partial charge on any atom is -0.480 e. The standard InChI is InChI=1S/C24H26N2O5/c1-2-20(21(27)28)26-22(29)24(11-12-24)14-25-23(30)31-13-19-17-9-5-3-7-15(17)16-8-4-6-10-18(16)19/h3-10,19-20H,2,11-14H2,1H3,(H,25,30)(H,26,29)(H,27,28)/t20-/m1/s1. The van der Waals surface area contributed by atoms with E-state index in [4.69, 9.17) is 9.84 Å². The lowest BCUT2D eigenvalue weighted by atomic mass is 9.98. The summed E-state index contributed by atoms with van der Waals surface area (Å²) < 4.78 is 5.51. The first kappa shape index (κ1) is 20.9. The van der Waals surface area contributed by atoms with Crippen LogP contribution in [0, 0.1) is 5.41 Å². The smallest absolute Gasteiger partial charge is 0.407 e. The first-order chi connectivity index (χ1) is 14.9. The Kier molecular flexibility index (Phi) is 5.67. The largest absolute Gasteiger partial charge is 0.480 e. The van der Waals surface area contributed by atoms with Crippen LogP contribution in [0.1, 0.15) is 43.2 Å². The van der Waals surface area contributed by atoms with Gasteiger partial charge in [-0.25, -0.2) is 9.59 Å². The molecule has 2 aromatic carbocycles. The Morgan fingerprint density at radius 3 is 2.16 bits per heavy atom. The molecule has 0 radical (unpaired) electrons. The number of amides is 2. The first-order valence-electron chi connectivity index (χ1n) is 10.6. The lowest BCUT2D eigenvalue weighted by Crippen LogP contribution is -2.47. The normalized spacial score (nSPS) is 16.5. The number of rotatable bonds is 8. The molecule has 2 aromatic rings. The third-order valence-electron chi connectivity index (χ3n) is 6.26. The van der Waals surface area contributed by atoms with Crippen molar-refractivity contribution in [1.29, 1.82) is 0 Å². The van der Waals surface area contributed by atoms with Crippen LogP contribution in [0.5, 0.6) is 0 Å². The van der Waals surface area contributed by atoms with Crippen LogP contribution in [0.25, 0.3) is 11.1 Å². The number of carboxylic acid groups (broad SMARTS) is 1. The lowest BCUT2D eigenvalue weighted by Gasteiger charge is -2.20. The van der Waals surface area contributed by atoms with Crippen molar-refractivity contribution in [3.63, 3.8) is 0 Å². The third kappa shape index (κ3) is 4.13. The van der Waals surface area contributed by atoms with Gasteiger partial charge in [0.05, 0.1) is 5.41 Å². The second-order valence-electron chi connectivity index (χ2n) is 8.23. The minimum atomic E-state index is -1.06. The summed E-state index contributed by atoms with van der Waals surface area (Å²) in [5.74, 6) is -1.42. The van der Waals surface area contributed by atoms with E-state index in [-0.39, 0.29) is 25.0 Å². The van der Waals surface area contributed by atoms with Crippen LogP contribution in [0.3, 0.4) is 0 Å². The predicted octanol–water partition coefficient (Wildman–Crippen LogP) is 3.28. The molecule has 2 amide bonds. The molecule has 1 saturated carbocycles. The first-order valence-corrected chi connectivity index (χ1v) is 10.6. The molecule has 31 heavy (non-hydrogen) atoms. The van der Waals surface area contributed by atoms with Gasteiger partial charge in [0.25, 0.3) is 0 Å². The van der Waals surface area contributed by atoms with Gasteiger partial charge >= 0.3 is 12.1 Å². The molecule has 2 aliphatic rings. The van der Waals surface area contributed by atoms with Crippen LogP contribution in [-0.4, -0.2) is 42.3 Å². The Morgan fingerprint density at radius 1 is 1.06 bits per heavy atom. The Hall–Kier alpha value is -3.35. The summed E-state index contributed by atoms with van der Waals surface area (Å²) in [7, 11) is 0. The number of nitrogens with one attached hydrogen (secondary N) is 2. The van der Waals surface area contributed by atoms with Gasteiger partial charge < -0.3 is 20.5 Å². The van der Waals surface area contributed by atoms with Gasteiger partial charge in [0.1, 0.15) is 12.6 Å². The number of alkyl carbamates (subject to hydrolysis) is 1. The Labute approximate surface area is 180 Å². The van der Waals surface area contributed by atoms with Gasteiger partial charge in [0.15, 0.2) is 0 Å². The Balaban J connectivity index is 1.33. The maximum Gasteiger partial charge on any atom is 0.407 e. The molecule has 7 nitrogen and oxygen atoms in total. The molecule has 2 aliphatic carbocycles. The molecule has 1 fully saturated rings. The molecule has 0 aromatic heterocycles. The van der Waals surface area contributed by atoms with E-state index in [9.17, 15) is 14.4 Å². The molecule has 7 heteroatoms. The molecule has 0 aliphatic heterocycles. The number of hydrogen-bond acceptors (Lipinski definition) is 4. The summed E-state index contributed by atoms with van der Waals surface area (Å²) in [4.78, 5) is 36.0. The van der Waals surface area contributed by atoms with E-state index in [2.05, 4.69) is 34.9 Å².